The lowest BCUT2D eigenvalue weighted by molar-refractivity contribution is -0.132. The van der Waals surface area contributed by atoms with E-state index in [4.69, 9.17) is 9.47 Å². The number of carboxylic acid groups (broad SMARTS) is 1. The maximum absolute atomic E-state index is 13.7. The van der Waals surface area contributed by atoms with Crippen molar-refractivity contribution in [2.24, 2.45) is 7.05 Å². The Morgan fingerprint density at radius 1 is 1.03 bits per heavy atom. The minimum absolute atomic E-state index is 0.0150. The molecular formula is C30H35N3O5. The van der Waals surface area contributed by atoms with Crippen LogP contribution >= 0.6 is 0 Å². The third kappa shape index (κ3) is 5.61. The Morgan fingerprint density at radius 2 is 1.79 bits per heavy atom. The van der Waals surface area contributed by atoms with E-state index >= 15 is 0 Å². The van der Waals surface area contributed by atoms with E-state index in [9.17, 15) is 14.7 Å². The number of nitrogens with zero attached hydrogens (tertiary/aromatic N) is 3. The van der Waals surface area contributed by atoms with Crippen molar-refractivity contribution < 1.29 is 24.2 Å². The monoisotopic (exact) mass is 517 g/mol. The molecule has 8 heteroatoms. The molecule has 8 nitrogen and oxygen atoms in total. The molecular weight excluding hydrogens is 482 g/mol. The number of carbonyl (C=O) groups is 2. The van der Waals surface area contributed by atoms with Crippen LogP contribution in [0.15, 0.2) is 54.6 Å². The first kappa shape index (κ1) is 26.0. The minimum atomic E-state index is -0.967. The van der Waals surface area contributed by atoms with Crippen molar-refractivity contribution in [3.8, 4) is 5.75 Å². The number of aromatic carboxylic acids is 1. The fraction of sp³-hybridized carbons (Fsp3) is 0.400. The van der Waals surface area contributed by atoms with Crippen LogP contribution in [0.4, 0.5) is 0 Å². The summed E-state index contributed by atoms with van der Waals surface area (Å²) >= 11 is 0. The highest BCUT2D eigenvalue weighted by molar-refractivity contribution is 5.88. The lowest BCUT2D eigenvalue weighted by Crippen LogP contribution is -2.42. The Bertz CT molecular complexity index is 1290. The van der Waals surface area contributed by atoms with Crippen molar-refractivity contribution in [1.29, 1.82) is 0 Å². The first-order chi connectivity index (χ1) is 18.4. The van der Waals surface area contributed by atoms with Crippen LogP contribution in [0.1, 0.15) is 44.5 Å². The largest absolute Gasteiger partial charge is 0.492 e. The molecule has 0 radical (unpaired) electrons. The molecule has 2 aliphatic heterocycles. The lowest BCUT2D eigenvalue weighted by atomic mass is 9.88. The number of aromatic nitrogens is 1. The quantitative estimate of drug-likeness (QED) is 0.493. The molecule has 3 heterocycles. The predicted octanol–water partition coefficient (Wildman–Crippen LogP) is 3.46. The summed E-state index contributed by atoms with van der Waals surface area (Å²) in [5.74, 6) is -0.161. The number of amides is 1. The SMILES string of the molecule is Cc1ccc(C2c3cc(C(=O)O)ccc3CCN2C(=O)Cc2ccc(OCCN3CCOCC3)cc2)n1C. The minimum Gasteiger partial charge on any atom is -0.492 e. The molecule has 1 aromatic heterocycles. The Balaban J connectivity index is 1.30. The van der Waals surface area contributed by atoms with Crippen LogP contribution in [0.2, 0.25) is 0 Å². The molecule has 1 saturated heterocycles. The third-order valence-corrected chi connectivity index (χ3v) is 7.69. The number of benzene rings is 2. The fourth-order valence-corrected chi connectivity index (χ4v) is 5.34. The Labute approximate surface area is 223 Å². The van der Waals surface area contributed by atoms with Crippen molar-refractivity contribution in [3.63, 3.8) is 0 Å². The van der Waals surface area contributed by atoms with Crippen LogP contribution in [-0.4, -0.2) is 77.3 Å². The second-order valence-corrected chi connectivity index (χ2v) is 10.0. The first-order valence-corrected chi connectivity index (χ1v) is 13.2. The molecule has 1 atom stereocenters. The average molecular weight is 518 g/mol. The number of hydrogen-bond donors (Lipinski definition) is 1. The van der Waals surface area contributed by atoms with E-state index in [1.165, 1.54) is 0 Å². The Hall–Kier alpha value is -3.62. The molecule has 1 amide bonds. The van der Waals surface area contributed by atoms with Crippen molar-refractivity contribution in [2.45, 2.75) is 25.8 Å². The molecule has 1 fully saturated rings. The van der Waals surface area contributed by atoms with Gasteiger partial charge in [-0.25, -0.2) is 4.79 Å². The zero-order valence-corrected chi connectivity index (χ0v) is 22.1. The van der Waals surface area contributed by atoms with Crippen LogP contribution in [0.5, 0.6) is 5.75 Å². The number of morpholine rings is 1. The molecule has 0 bridgehead atoms. The number of fused-ring (bicyclic) bond motifs is 1. The molecule has 2 aromatic carbocycles. The van der Waals surface area contributed by atoms with Gasteiger partial charge in [0.2, 0.25) is 5.91 Å². The van der Waals surface area contributed by atoms with Gasteiger partial charge in [0.25, 0.3) is 0 Å². The maximum Gasteiger partial charge on any atom is 0.335 e. The summed E-state index contributed by atoms with van der Waals surface area (Å²) in [5, 5.41) is 9.61. The number of ether oxygens (including phenoxy) is 2. The fourth-order valence-electron chi connectivity index (χ4n) is 5.34. The summed E-state index contributed by atoms with van der Waals surface area (Å²) in [5.41, 5.74) is 5.18. The van der Waals surface area contributed by atoms with E-state index < -0.39 is 5.97 Å². The number of carbonyl (C=O) groups excluding carboxylic acids is 1. The summed E-state index contributed by atoms with van der Waals surface area (Å²) in [4.78, 5) is 29.6. The molecule has 0 saturated carbocycles. The van der Waals surface area contributed by atoms with E-state index in [1.54, 1.807) is 12.1 Å². The van der Waals surface area contributed by atoms with Crippen LogP contribution in [-0.2, 0) is 29.4 Å². The summed E-state index contributed by atoms with van der Waals surface area (Å²) in [6, 6.07) is 16.7. The van der Waals surface area contributed by atoms with Gasteiger partial charge in [-0.05, 0) is 66.4 Å². The summed E-state index contributed by atoms with van der Waals surface area (Å²) < 4.78 is 13.4. The van der Waals surface area contributed by atoms with Gasteiger partial charge in [-0.1, -0.05) is 18.2 Å². The predicted molar refractivity (Wildman–Crippen MR) is 144 cm³/mol. The Kier molecular flexibility index (Phi) is 7.81. The van der Waals surface area contributed by atoms with Crippen molar-refractivity contribution >= 4 is 11.9 Å². The molecule has 5 rings (SSSR count). The van der Waals surface area contributed by atoms with Gasteiger partial charge >= 0.3 is 5.97 Å². The maximum atomic E-state index is 13.7. The highest BCUT2D eigenvalue weighted by atomic mass is 16.5. The number of rotatable bonds is 8. The molecule has 1 N–H and O–H groups in total. The van der Waals surface area contributed by atoms with Crippen molar-refractivity contribution in [3.05, 3.63) is 88.2 Å². The normalized spacial score (nSPS) is 17.7. The van der Waals surface area contributed by atoms with Gasteiger partial charge in [0.1, 0.15) is 12.4 Å². The van der Waals surface area contributed by atoms with Crippen LogP contribution < -0.4 is 4.74 Å². The zero-order chi connectivity index (χ0) is 26.6. The summed E-state index contributed by atoms with van der Waals surface area (Å²) in [6.07, 6.45) is 0.957. The standard InChI is InChI=1S/C30H35N3O5/c1-21-3-10-27(31(21)2)29-26-20-24(30(35)36)7-6-23(26)11-12-33(29)28(34)19-22-4-8-25(9-5-22)38-18-15-32-13-16-37-17-14-32/h3-10,20,29H,11-19H2,1-2H3,(H,35,36). The molecule has 3 aromatic rings. The molecule has 38 heavy (non-hydrogen) atoms. The van der Waals surface area contributed by atoms with E-state index in [2.05, 4.69) is 9.47 Å². The Morgan fingerprint density at radius 3 is 2.47 bits per heavy atom. The van der Waals surface area contributed by atoms with Crippen molar-refractivity contribution in [2.75, 3.05) is 46.0 Å². The van der Waals surface area contributed by atoms with Gasteiger partial charge in [0, 0.05) is 44.6 Å². The van der Waals surface area contributed by atoms with Crippen LogP contribution in [0, 0.1) is 6.92 Å². The van der Waals surface area contributed by atoms with Crippen molar-refractivity contribution in [1.82, 2.24) is 14.4 Å². The second kappa shape index (κ2) is 11.4. The summed E-state index contributed by atoms with van der Waals surface area (Å²) in [6.45, 7) is 7.50. The van der Waals surface area contributed by atoms with Gasteiger partial charge < -0.3 is 24.0 Å². The van der Waals surface area contributed by atoms with E-state index in [0.717, 1.165) is 66.7 Å². The van der Waals surface area contributed by atoms with Crippen LogP contribution in [0.25, 0.3) is 0 Å². The lowest BCUT2D eigenvalue weighted by Gasteiger charge is -2.38. The van der Waals surface area contributed by atoms with E-state index in [1.807, 2.05) is 61.3 Å². The number of hydrogen-bond acceptors (Lipinski definition) is 5. The topological polar surface area (TPSA) is 84.2 Å². The average Bonchev–Trinajstić information content (AvgIpc) is 3.26. The smallest absolute Gasteiger partial charge is 0.335 e. The molecule has 0 spiro atoms. The van der Waals surface area contributed by atoms with Gasteiger partial charge in [-0.15, -0.1) is 0 Å². The van der Waals surface area contributed by atoms with Gasteiger partial charge in [0.05, 0.1) is 31.2 Å². The first-order valence-electron chi connectivity index (χ1n) is 13.2. The second-order valence-electron chi connectivity index (χ2n) is 10.0. The van der Waals surface area contributed by atoms with Gasteiger partial charge in [-0.2, -0.15) is 0 Å². The van der Waals surface area contributed by atoms with E-state index in [0.29, 0.717) is 19.6 Å². The highest BCUT2D eigenvalue weighted by Crippen LogP contribution is 2.37. The third-order valence-electron chi connectivity index (χ3n) is 7.69. The molecule has 1 unspecified atom stereocenters. The molecule has 0 aliphatic carbocycles. The van der Waals surface area contributed by atoms with E-state index in [-0.39, 0.29) is 23.9 Å². The molecule has 200 valence electrons. The number of aryl methyl sites for hydroxylation is 1. The number of carboxylic acids is 1. The summed E-state index contributed by atoms with van der Waals surface area (Å²) in [7, 11) is 1.99. The van der Waals surface area contributed by atoms with Gasteiger partial charge in [-0.3, -0.25) is 9.69 Å². The molecule has 2 aliphatic rings. The van der Waals surface area contributed by atoms with Crippen LogP contribution in [0.3, 0.4) is 0 Å². The highest BCUT2D eigenvalue weighted by Gasteiger charge is 2.34. The van der Waals surface area contributed by atoms with Gasteiger partial charge in [0.15, 0.2) is 0 Å². The zero-order valence-electron chi connectivity index (χ0n) is 22.1.